The molecule has 23 heavy (non-hydrogen) atoms. The number of carboxylic acids is 1. The van der Waals surface area contributed by atoms with Crippen LogP contribution in [0.1, 0.15) is 25.0 Å². The van der Waals surface area contributed by atoms with Gasteiger partial charge in [-0.05, 0) is 31.4 Å². The Morgan fingerprint density at radius 3 is 3.00 bits per heavy atom. The predicted molar refractivity (Wildman–Crippen MR) is 80.0 cm³/mol. The molecule has 3 atom stereocenters. The lowest BCUT2D eigenvalue weighted by atomic mass is 9.84. The Balaban J connectivity index is 1.58. The summed E-state index contributed by atoms with van der Waals surface area (Å²) in [7, 11) is 0. The van der Waals surface area contributed by atoms with E-state index in [1.807, 2.05) is 0 Å². The van der Waals surface area contributed by atoms with Crippen LogP contribution in [0.3, 0.4) is 0 Å². The Labute approximate surface area is 132 Å². The van der Waals surface area contributed by atoms with Gasteiger partial charge in [0.05, 0.1) is 17.7 Å². The fraction of sp³-hybridized carbons (Fsp3) is 0.533. The summed E-state index contributed by atoms with van der Waals surface area (Å²) in [5, 5.41) is 24.9. The van der Waals surface area contributed by atoms with E-state index >= 15 is 0 Å². The average molecular weight is 321 g/mol. The fourth-order valence-electron chi connectivity index (χ4n) is 2.95. The Hall–Kier alpha value is -2.19. The summed E-state index contributed by atoms with van der Waals surface area (Å²) >= 11 is 0. The highest BCUT2D eigenvalue weighted by atomic mass is 16.5. The first-order valence-electron chi connectivity index (χ1n) is 7.60. The second-order valence-electron chi connectivity index (χ2n) is 5.89. The Bertz CT molecular complexity index is 621. The van der Waals surface area contributed by atoms with Crippen LogP contribution in [-0.4, -0.2) is 45.8 Å². The zero-order chi connectivity index (χ0) is 16.4. The average Bonchev–Trinajstić information content (AvgIpc) is 2.53. The van der Waals surface area contributed by atoms with Crippen LogP contribution < -0.4 is 15.4 Å². The largest absolute Gasteiger partial charge is 0.481 e. The van der Waals surface area contributed by atoms with E-state index in [-0.39, 0.29) is 25.0 Å². The molecule has 0 saturated heterocycles. The minimum absolute atomic E-state index is 0.00864. The van der Waals surface area contributed by atoms with Crippen molar-refractivity contribution in [3.63, 3.8) is 0 Å². The van der Waals surface area contributed by atoms with E-state index < -0.39 is 18.0 Å². The number of rotatable bonds is 4. The number of nitrogens with zero attached hydrogens (tertiary/aromatic N) is 1. The van der Waals surface area contributed by atoms with Crippen molar-refractivity contribution in [2.24, 2.45) is 5.92 Å². The van der Waals surface area contributed by atoms with Gasteiger partial charge in [-0.25, -0.2) is 4.98 Å². The lowest BCUT2D eigenvalue weighted by Gasteiger charge is -2.31. The third kappa shape index (κ3) is 3.59. The summed E-state index contributed by atoms with van der Waals surface area (Å²) in [6.07, 6.45) is 0.716. The predicted octanol–water partition coefficient (Wildman–Crippen LogP) is 0.116. The number of aliphatic carboxylic acids is 1. The minimum Gasteiger partial charge on any atom is -0.481 e. The van der Waals surface area contributed by atoms with Crippen molar-refractivity contribution in [2.75, 3.05) is 11.9 Å². The van der Waals surface area contributed by atoms with Gasteiger partial charge < -0.3 is 25.6 Å². The molecular weight excluding hydrogens is 302 g/mol. The van der Waals surface area contributed by atoms with Gasteiger partial charge in [0.15, 0.2) is 18.2 Å². The SMILES string of the molecule is O=C1COc2ccc(CN[C@H]3CC[C@H](C(=O)O)C[C@H]3O)nc2N1. The summed E-state index contributed by atoms with van der Waals surface area (Å²) in [5.74, 6) is -0.629. The Morgan fingerprint density at radius 1 is 1.43 bits per heavy atom. The molecule has 124 valence electrons. The van der Waals surface area contributed by atoms with Crippen LogP contribution in [0.25, 0.3) is 0 Å². The van der Waals surface area contributed by atoms with Crippen LogP contribution in [0.15, 0.2) is 12.1 Å². The Kier molecular flexibility index (Phi) is 4.44. The third-order valence-electron chi connectivity index (χ3n) is 4.24. The van der Waals surface area contributed by atoms with Crippen LogP contribution in [0, 0.1) is 5.92 Å². The van der Waals surface area contributed by atoms with Crippen molar-refractivity contribution in [1.82, 2.24) is 10.3 Å². The first-order chi connectivity index (χ1) is 11.0. The smallest absolute Gasteiger partial charge is 0.306 e. The monoisotopic (exact) mass is 321 g/mol. The lowest BCUT2D eigenvalue weighted by molar-refractivity contribution is -0.144. The van der Waals surface area contributed by atoms with E-state index in [4.69, 9.17) is 9.84 Å². The quantitative estimate of drug-likeness (QED) is 0.621. The maximum atomic E-state index is 11.3. The fourth-order valence-corrected chi connectivity index (χ4v) is 2.95. The van der Waals surface area contributed by atoms with Crippen molar-refractivity contribution in [3.05, 3.63) is 17.8 Å². The molecule has 0 radical (unpaired) electrons. The standard InChI is InChI=1S/C15H19N3O5/c19-11-5-8(15(21)22)1-3-10(11)16-6-9-2-4-12-14(17-9)18-13(20)7-23-12/h2,4,8,10-11,16,19H,1,3,5-7H2,(H,21,22)(H,17,18,20)/t8-,10-,11+/m0/s1. The molecule has 1 aliphatic heterocycles. The van der Waals surface area contributed by atoms with Crippen LogP contribution in [-0.2, 0) is 16.1 Å². The molecule has 1 amide bonds. The molecule has 2 aliphatic rings. The van der Waals surface area contributed by atoms with Gasteiger partial charge in [0.1, 0.15) is 0 Å². The second-order valence-corrected chi connectivity index (χ2v) is 5.89. The molecule has 2 heterocycles. The van der Waals surface area contributed by atoms with Gasteiger partial charge in [-0.15, -0.1) is 0 Å². The number of aliphatic hydroxyl groups is 1. The van der Waals surface area contributed by atoms with E-state index in [1.165, 1.54) is 0 Å². The van der Waals surface area contributed by atoms with Crippen molar-refractivity contribution in [1.29, 1.82) is 0 Å². The number of hydrogen-bond acceptors (Lipinski definition) is 6. The molecule has 1 aromatic heterocycles. The molecule has 1 aliphatic carbocycles. The molecular formula is C15H19N3O5. The van der Waals surface area contributed by atoms with E-state index in [9.17, 15) is 14.7 Å². The number of amides is 1. The lowest BCUT2D eigenvalue weighted by Crippen LogP contribution is -2.45. The maximum Gasteiger partial charge on any atom is 0.306 e. The summed E-state index contributed by atoms with van der Waals surface area (Å²) in [6.45, 7) is 0.411. The zero-order valence-electron chi connectivity index (χ0n) is 12.5. The summed E-state index contributed by atoms with van der Waals surface area (Å²) in [6, 6.07) is 3.38. The van der Waals surface area contributed by atoms with Crippen molar-refractivity contribution < 1.29 is 24.5 Å². The van der Waals surface area contributed by atoms with Gasteiger partial charge in [-0.1, -0.05) is 0 Å². The minimum atomic E-state index is -0.852. The highest BCUT2D eigenvalue weighted by molar-refractivity contribution is 5.94. The molecule has 0 spiro atoms. The molecule has 1 fully saturated rings. The number of aliphatic hydroxyl groups excluding tert-OH is 1. The van der Waals surface area contributed by atoms with Crippen LogP contribution in [0.4, 0.5) is 5.82 Å². The molecule has 4 N–H and O–H groups in total. The first-order valence-corrected chi connectivity index (χ1v) is 7.60. The van der Waals surface area contributed by atoms with Crippen molar-refractivity contribution in [3.8, 4) is 5.75 Å². The van der Waals surface area contributed by atoms with Gasteiger partial charge >= 0.3 is 5.97 Å². The Morgan fingerprint density at radius 2 is 2.26 bits per heavy atom. The van der Waals surface area contributed by atoms with Gasteiger partial charge in [0, 0.05) is 12.6 Å². The number of ether oxygens (including phenoxy) is 1. The molecule has 8 nitrogen and oxygen atoms in total. The van der Waals surface area contributed by atoms with Gasteiger partial charge in [-0.2, -0.15) is 0 Å². The molecule has 0 bridgehead atoms. The zero-order valence-corrected chi connectivity index (χ0v) is 12.5. The van der Waals surface area contributed by atoms with Crippen LogP contribution in [0.2, 0.25) is 0 Å². The third-order valence-corrected chi connectivity index (χ3v) is 4.24. The second kappa shape index (κ2) is 6.51. The number of aromatic nitrogens is 1. The number of hydrogen-bond donors (Lipinski definition) is 4. The van der Waals surface area contributed by atoms with E-state index in [0.717, 1.165) is 0 Å². The van der Waals surface area contributed by atoms with Crippen molar-refractivity contribution in [2.45, 2.75) is 38.0 Å². The van der Waals surface area contributed by atoms with Gasteiger partial charge in [0.2, 0.25) is 0 Å². The summed E-state index contributed by atoms with van der Waals surface area (Å²) in [5.41, 5.74) is 0.710. The summed E-state index contributed by atoms with van der Waals surface area (Å²) in [4.78, 5) is 26.6. The number of carbonyl (C=O) groups is 2. The van der Waals surface area contributed by atoms with Crippen LogP contribution >= 0.6 is 0 Å². The van der Waals surface area contributed by atoms with E-state index in [0.29, 0.717) is 36.6 Å². The van der Waals surface area contributed by atoms with Gasteiger partial charge in [0.25, 0.3) is 5.91 Å². The van der Waals surface area contributed by atoms with Crippen LogP contribution in [0.5, 0.6) is 5.75 Å². The molecule has 3 rings (SSSR count). The number of fused-ring (bicyclic) bond motifs is 1. The molecule has 1 aromatic rings. The topological polar surface area (TPSA) is 121 Å². The molecule has 0 unspecified atom stereocenters. The number of anilines is 1. The first kappa shape index (κ1) is 15.7. The molecule has 1 saturated carbocycles. The van der Waals surface area contributed by atoms with E-state index in [2.05, 4.69) is 15.6 Å². The summed E-state index contributed by atoms with van der Waals surface area (Å²) < 4.78 is 5.25. The van der Waals surface area contributed by atoms with Gasteiger partial charge in [-0.3, -0.25) is 9.59 Å². The maximum absolute atomic E-state index is 11.3. The highest BCUT2D eigenvalue weighted by Crippen LogP contribution is 2.27. The number of nitrogens with one attached hydrogen (secondary N) is 2. The number of pyridine rings is 1. The highest BCUT2D eigenvalue weighted by Gasteiger charge is 2.32. The van der Waals surface area contributed by atoms with Crippen molar-refractivity contribution >= 4 is 17.7 Å². The normalized spacial score (nSPS) is 26.8. The number of carboxylic acid groups (broad SMARTS) is 1. The molecule has 0 aromatic carbocycles. The molecule has 8 heteroatoms. The van der Waals surface area contributed by atoms with E-state index in [1.54, 1.807) is 12.1 Å². The number of carbonyl (C=O) groups excluding carboxylic acids is 1.